The molecular weight excluding hydrogens is 390 g/mol. The molecule has 0 spiro atoms. The number of amides is 2. The second kappa shape index (κ2) is 7.61. The van der Waals surface area contributed by atoms with Crippen LogP contribution in [0.15, 0.2) is 22.7 Å². The maximum Gasteiger partial charge on any atom is 0.319 e. The Morgan fingerprint density at radius 2 is 1.97 bits per heavy atom. The van der Waals surface area contributed by atoms with Gasteiger partial charge in [0.05, 0.1) is 11.3 Å². The van der Waals surface area contributed by atoms with Crippen molar-refractivity contribution in [3.63, 3.8) is 0 Å². The van der Waals surface area contributed by atoms with Crippen LogP contribution in [0.2, 0.25) is 5.02 Å². The highest BCUT2D eigenvalue weighted by molar-refractivity contribution is 6.31. The average Bonchev–Trinajstić information content (AvgIpc) is 3.40. The van der Waals surface area contributed by atoms with Crippen LogP contribution in [-0.4, -0.2) is 46.2 Å². The molecule has 3 heterocycles. The molecule has 1 aromatic carbocycles. The molecule has 1 saturated carbocycles. The van der Waals surface area contributed by atoms with Crippen LogP contribution < -0.4 is 10.6 Å². The van der Waals surface area contributed by atoms with Crippen LogP contribution in [0.5, 0.6) is 0 Å². The van der Waals surface area contributed by atoms with E-state index in [1.165, 1.54) is 19.3 Å². The zero-order valence-electron chi connectivity index (χ0n) is 16.5. The molecule has 2 atom stereocenters. The quantitative estimate of drug-likeness (QED) is 0.773. The van der Waals surface area contributed by atoms with Crippen molar-refractivity contribution in [2.24, 2.45) is 0 Å². The van der Waals surface area contributed by atoms with E-state index in [-0.39, 0.29) is 12.1 Å². The van der Waals surface area contributed by atoms with Gasteiger partial charge in [-0.15, -0.1) is 0 Å². The summed E-state index contributed by atoms with van der Waals surface area (Å²) in [6.07, 6.45) is 7.92. The number of anilines is 1. The summed E-state index contributed by atoms with van der Waals surface area (Å²) >= 11 is 6.18. The molecule has 1 aliphatic carbocycles. The predicted octanol–water partition coefficient (Wildman–Crippen LogP) is 4.40. The number of halogens is 1. The lowest BCUT2D eigenvalue weighted by molar-refractivity contribution is 0.0513. The van der Waals surface area contributed by atoms with Crippen molar-refractivity contribution in [3.05, 3.63) is 29.0 Å². The third kappa shape index (κ3) is 3.98. The molecule has 29 heavy (non-hydrogen) atoms. The van der Waals surface area contributed by atoms with Crippen molar-refractivity contribution in [2.75, 3.05) is 12.4 Å². The average molecular weight is 416 g/mol. The van der Waals surface area contributed by atoms with E-state index in [1.54, 1.807) is 12.1 Å². The molecule has 1 aromatic heterocycles. The van der Waals surface area contributed by atoms with Gasteiger partial charge in [-0.25, -0.2) is 4.79 Å². The Morgan fingerprint density at radius 3 is 2.69 bits per heavy atom. The minimum atomic E-state index is -0.219. The topological polar surface area (TPSA) is 83.3 Å². The molecule has 3 aliphatic rings. The van der Waals surface area contributed by atoms with Crippen molar-refractivity contribution in [2.45, 2.75) is 69.0 Å². The molecule has 2 N–H and O–H groups in total. The molecule has 154 valence electrons. The smallest absolute Gasteiger partial charge is 0.319 e. The zero-order valence-corrected chi connectivity index (χ0v) is 17.3. The number of carbonyl (C=O) groups is 1. The van der Waals surface area contributed by atoms with Crippen molar-refractivity contribution in [1.29, 1.82) is 0 Å². The SMILES string of the molecule is CN1C2CCCC1CC(NC(=O)Nc1cc(Cl)ccc1-c1nc(C3CC3)no1)C2. The van der Waals surface area contributed by atoms with Gasteiger partial charge < -0.3 is 20.1 Å². The maximum absolute atomic E-state index is 12.8. The molecule has 2 aliphatic heterocycles. The standard InChI is InChI=1S/C21H26ClN5O2/c1-27-15-3-2-4-16(27)11-14(10-15)23-21(28)24-18-9-13(22)7-8-17(18)20-25-19(26-29-20)12-5-6-12/h7-9,12,14-16H,2-6,10-11H2,1H3,(H2,23,24,28). The van der Waals surface area contributed by atoms with Crippen LogP contribution >= 0.6 is 11.6 Å². The lowest BCUT2D eigenvalue weighted by Gasteiger charge is -2.47. The first kappa shape index (κ1) is 18.9. The van der Waals surface area contributed by atoms with Gasteiger partial charge in [0, 0.05) is 29.1 Å². The second-order valence-electron chi connectivity index (χ2n) is 8.59. The van der Waals surface area contributed by atoms with E-state index in [4.69, 9.17) is 16.1 Å². The summed E-state index contributed by atoms with van der Waals surface area (Å²) in [6, 6.07) is 6.39. The Hall–Kier alpha value is -2.12. The van der Waals surface area contributed by atoms with Gasteiger partial charge in [-0.2, -0.15) is 4.98 Å². The highest BCUT2D eigenvalue weighted by Crippen LogP contribution is 2.40. The van der Waals surface area contributed by atoms with Gasteiger partial charge in [0.25, 0.3) is 5.89 Å². The van der Waals surface area contributed by atoms with Gasteiger partial charge in [0.15, 0.2) is 5.82 Å². The molecule has 2 saturated heterocycles. The van der Waals surface area contributed by atoms with Crippen molar-refractivity contribution >= 4 is 23.3 Å². The summed E-state index contributed by atoms with van der Waals surface area (Å²) in [5.41, 5.74) is 1.26. The predicted molar refractivity (Wildman–Crippen MR) is 111 cm³/mol. The van der Waals surface area contributed by atoms with Crippen LogP contribution in [0, 0.1) is 0 Å². The molecule has 8 heteroatoms. The number of nitrogens with one attached hydrogen (secondary N) is 2. The number of aromatic nitrogens is 2. The summed E-state index contributed by atoms with van der Waals surface area (Å²) in [5, 5.41) is 10.7. The zero-order chi connectivity index (χ0) is 20.0. The Kier molecular flexibility index (Phi) is 4.95. The lowest BCUT2D eigenvalue weighted by atomic mass is 9.82. The highest BCUT2D eigenvalue weighted by Gasteiger charge is 2.36. The van der Waals surface area contributed by atoms with Gasteiger partial charge in [-0.05, 0) is 63.8 Å². The fourth-order valence-electron chi connectivity index (χ4n) is 4.74. The summed E-state index contributed by atoms with van der Waals surface area (Å²) in [4.78, 5) is 19.7. The Bertz CT molecular complexity index is 898. The Labute approximate surface area is 175 Å². The van der Waals surface area contributed by atoms with E-state index in [0.29, 0.717) is 40.2 Å². The molecule has 2 amide bonds. The van der Waals surface area contributed by atoms with E-state index in [9.17, 15) is 4.79 Å². The number of urea groups is 1. The summed E-state index contributed by atoms with van der Waals surface area (Å²) in [6.45, 7) is 0. The molecule has 0 radical (unpaired) electrons. The van der Waals surface area contributed by atoms with E-state index < -0.39 is 0 Å². The molecular formula is C21H26ClN5O2. The van der Waals surface area contributed by atoms with Crippen LogP contribution in [0.3, 0.4) is 0 Å². The van der Waals surface area contributed by atoms with Crippen LogP contribution in [-0.2, 0) is 0 Å². The van der Waals surface area contributed by atoms with Gasteiger partial charge in [0.1, 0.15) is 0 Å². The first-order valence-corrected chi connectivity index (χ1v) is 10.9. The largest absolute Gasteiger partial charge is 0.335 e. The van der Waals surface area contributed by atoms with E-state index >= 15 is 0 Å². The minimum absolute atomic E-state index is 0.189. The van der Waals surface area contributed by atoms with Gasteiger partial charge in [0.2, 0.25) is 0 Å². The van der Waals surface area contributed by atoms with Crippen LogP contribution in [0.25, 0.3) is 11.5 Å². The number of rotatable bonds is 4. The number of hydrogen-bond acceptors (Lipinski definition) is 5. The first-order valence-electron chi connectivity index (χ1n) is 10.5. The number of hydrogen-bond donors (Lipinski definition) is 2. The number of nitrogens with zero attached hydrogens (tertiary/aromatic N) is 3. The first-order chi connectivity index (χ1) is 14.1. The van der Waals surface area contributed by atoms with Crippen molar-refractivity contribution in [3.8, 4) is 11.5 Å². The monoisotopic (exact) mass is 415 g/mol. The summed E-state index contributed by atoms with van der Waals surface area (Å²) in [5.74, 6) is 1.55. The minimum Gasteiger partial charge on any atom is -0.335 e. The molecule has 5 rings (SSSR count). The summed E-state index contributed by atoms with van der Waals surface area (Å²) < 4.78 is 5.44. The van der Waals surface area contributed by atoms with Gasteiger partial charge in [-0.1, -0.05) is 23.2 Å². The van der Waals surface area contributed by atoms with Crippen LogP contribution in [0.1, 0.15) is 56.7 Å². The third-order valence-corrected chi connectivity index (χ3v) is 6.75. The van der Waals surface area contributed by atoms with Crippen molar-refractivity contribution < 1.29 is 9.32 Å². The van der Waals surface area contributed by atoms with Crippen molar-refractivity contribution in [1.82, 2.24) is 20.4 Å². The summed E-state index contributed by atoms with van der Waals surface area (Å²) in [7, 11) is 2.21. The molecule has 7 nitrogen and oxygen atoms in total. The fraction of sp³-hybridized carbons (Fsp3) is 0.571. The third-order valence-electron chi connectivity index (χ3n) is 6.52. The number of piperidine rings is 2. The molecule has 3 fully saturated rings. The molecule has 2 bridgehead atoms. The van der Waals surface area contributed by atoms with Gasteiger partial charge >= 0.3 is 6.03 Å². The Morgan fingerprint density at radius 1 is 1.21 bits per heavy atom. The number of benzene rings is 1. The Balaban J connectivity index is 1.29. The molecule has 2 unspecified atom stereocenters. The lowest BCUT2D eigenvalue weighted by Crippen LogP contribution is -2.55. The second-order valence-corrected chi connectivity index (χ2v) is 9.03. The van der Waals surface area contributed by atoms with E-state index in [1.807, 2.05) is 6.07 Å². The van der Waals surface area contributed by atoms with E-state index in [0.717, 1.165) is 31.5 Å². The maximum atomic E-state index is 12.8. The highest BCUT2D eigenvalue weighted by atomic mass is 35.5. The number of fused-ring (bicyclic) bond motifs is 2. The van der Waals surface area contributed by atoms with Crippen LogP contribution in [0.4, 0.5) is 10.5 Å². The number of carbonyl (C=O) groups excluding carboxylic acids is 1. The van der Waals surface area contributed by atoms with E-state index in [2.05, 4.69) is 32.7 Å². The van der Waals surface area contributed by atoms with Gasteiger partial charge in [-0.3, -0.25) is 0 Å². The molecule has 2 aromatic rings. The normalized spacial score (nSPS) is 26.9. The fourth-order valence-corrected chi connectivity index (χ4v) is 4.91.